The Morgan fingerprint density at radius 2 is 2.22 bits per heavy atom. The van der Waals surface area contributed by atoms with E-state index < -0.39 is 0 Å². The first-order valence-electron chi connectivity index (χ1n) is 8.55. The van der Waals surface area contributed by atoms with Crippen LogP contribution in [0.4, 0.5) is 0 Å². The van der Waals surface area contributed by atoms with Crippen LogP contribution in [-0.2, 0) is 22.6 Å². The summed E-state index contributed by atoms with van der Waals surface area (Å²) < 4.78 is 5.23. The van der Waals surface area contributed by atoms with Gasteiger partial charge >= 0.3 is 0 Å². The van der Waals surface area contributed by atoms with Gasteiger partial charge in [-0.3, -0.25) is 9.63 Å². The fourth-order valence-corrected chi connectivity index (χ4v) is 2.54. The Kier molecular flexibility index (Phi) is 6.98. The van der Waals surface area contributed by atoms with Crippen molar-refractivity contribution in [1.82, 2.24) is 20.1 Å². The number of nitrogens with zero attached hydrogens (tertiary/aromatic N) is 4. The standard InChI is InChI=1S/C16H28N4O3/c1-4-19(12-14-17-15(23-18-14)11-13(2)3)16(21)7-9-20-8-5-6-10-22-20/h13H,4-12H2,1-3H3. The molecule has 1 aliphatic heterocycles. The zero-order valence-electron chi connectivity index (χ0n) is 14.5. The van der Waals surface area contributed by atoms with Crippen molar-refractivity contribution < 1.29 is 14.2 Å². The molecule has 2 rings (SSSR count). The minimum absolute atomic E-state index is 0.0943. The molecule has 0 aromatic carbocycles. The van der Waals surface area contributed by atoms with Gasteiger partial charge in [0.15, 0.2) is 5.82 Å². The van der Waals surface area contributed by atoms with Gasteiger partial charge in [0, 0.05) is 32.5 Å². The number of amides is 1. The lowest BCUT2D eigenvalue weighted by Gasteiger charge is -2.27. The van der Waals surface area contributed by atoms with Gasteiger partial charge in [0.2, 0.25) is 11.8 Å². The van der Waals surface area contributed by atoms with Gasteiger partial charge < -0.3 is 9.42 Å². The van der Waals surface area contributed by atoms with Crippen LogP contribution in [0.25, 0.3) is 0 Å². The molecule has 0 atom stereocenters. The molecule has 0 N–H and O–H groups in total. The highest BCUT2D eigenvalue weighted by molar-refractivity contribution is 5.76. The summed E-state index contributed by atoms with van der Waals surface area (Å²) in [6, 6.07) is 0. The molecule has 7 heteroatoms. The first-order valence-corrected chi connectivity index (χ1v) is 8.55. The molecule has 1 amide bonds. The average molecular weight is 324 g/mol. The maximum atomic E-state index is 12.4. The number of rotatable bonds is 8. The maximum absolute atomic E-state index is 12.4. The minimum atomic E-state index is 0.0943. The molecule has 130 valence electrons. The van der Waals surface area contributed by atoms with Crippen molar-refractivity contribution in [2.45, 2.75) is 53.0 Å². The predicted octanol–water partition coefficient (Wildman–Crippen LogP) is 2.03. The van der Waals surface area contributed by atoms with Crippen LogP contribution in [0.5, 0.6) is 0 Å². The van der Waals surface area contributed by atoms with E-state index in [2.05, 4.69) is 24.0 Å². The highest BCUT2D eigenvalue weighted by Gasteiger charge is 2.18. The molecule has 1 fully saturated rings. The fraction of sp³-hybridized carbons (Fsp3) is 0.812. The summed E-state index contributed by atoms with van der Waals surface area (Å²) in [4.78, 5) is 24.0. The molecule has 2 heterocycles. The normalized spacial score (nSPS) is 16.0. The van der Waals surface area contributed by atoms with Gasteiger partial charge in [-0.15, -0.1) is 0 Å². The summed E-state index contributed by atoms with van der Waals surface area (Å²) in [7, 11) is 0. The zero-order chi connectivity index (χ0) is 16.7. The van der Waals surface area contributed by atoms with Crippen molar-refractivity contribution in [3.05, 3.63) is 11.7 Å². The van der Waals surface area contributed by atoms with Crippen molar-refractivity contribution in [3.63, 3.8) is 0 Å². The Labute approximate surface area is 137 Å². The second kappa shape index (κ2) is 8.98. The van der Waals surface area contributed by atoms with Crippen LogP contribution < -0.4 is 0 Å². The van der Waals surface area contributed by atoms with Crippen molar-refractivity contribution >= 4 is 5.91 Å². The lowest BCUT2D eigenvalue weighted by Crippen LogP contribution is -2.36. The highest BCUT2D eigenvalue weighted by atomic mass is 16.7. The summed E-state index contributed by atoms with van der Waals surface area (Å²) >= 11 is 0. The SMILES string of the molecule is CCN(Cc1noc(CC(C)C)n1)C(=O)CCN1CCCCO1. The third-order valence-corrected chi connectivity index (χ3v) is 3.81. The van der Waals surface area contributed by atoms with Gasteiger partial charge in [-0.25, -0.2) is 0 Å². The molecule has 0 saturated carbocycles. The topological polar surface area (TPSA) is 71.7 Å². The second-order valence-electron chi connectivity index (χ2n) is 6.33. The lowest BCUT2D eigenvalue weighted by atomic mass is 10.1. The Morgan fingerprint density at radius 3 is 2.87 bits per heavy atom. The van der Waals surface area contributed by atoms with Crippen LogP contribution in [0.15, 0.2) is 4.52 Å². The van der Waals surface area contributed by atoms with Crippen molar-refractivity contribution in [2.75, 3.05) is 26.2 Å². The highest BCUT2D eigenvalue weighted by Crippen LogP contribution is 2.10. The van der Waals surface area contributed by atoms with E-state index in [1.54, 1.807) is 4.90 Å². The van der Waals surface area contributed by atoms with E-state index in [0.29, 0.717) is 43.7 Å². The van der Waals surface area contributed by atoms with Crippen LogP contribution in [-0.4, -0.2) is 52.3 Å². The van der Waals surface area contributed by atoms with Crippen LogP contribution >= 0.6 is 0 Å². The van der Waals surface area contributed by atoms with Gasteiger partial charge in [0.05, 0.1) is 13.2 Å². The Hall–Kier alpha value is -1.47. The molecule has 23 heavy (non-hydrogen) atoms. The fourth-order valence-electron chi connectivity index (χ4n) is 2.54. The number of carbonyl (C=O) groups excluding carboxylic acids is 1. The number of hydrogen-bond donors (Lipinski definition) is 0. The van der Waals surface area contributed by atoms with Gasteiger partial charge in [-0.2, -0.15) is 10.0 Å². The molecule has 0 aliphatic carbocycles. The molecule has 1 saturated heterocycles. The smallest absolute Gasteiger partial charge is 0.226 e. The quantitative estimate of drug-likeness (QED) is 0.728. The van der Waals surface area contributed by atoms with E-state index in [0.717, 1.165) is 32.4 Å². The van der Waals surface area contributed by atoms with E-state index >= 15 is 0 Å². The lowest BCUT2D eigenvalue weighted by molar-refractivity contribution is -0.182. The van der Waals surface area contributed by atoms with Gasteiger partial charge in [0.25, 0.3) is 0 Å². The number of hydroxylamine groups is 2. The number of hydrogen-bond acceptors (Lipinski definition) is 6. The van der Waals surface area contributed by atoms with Crippen molar-refractivity contribution in [3.8, 4) is 0 Å². The van der Waals surface area contributed by atoms with E-state index in [4.69, 9.17) is 9.36 Å². The third-order valence-electron chi connectivity index (χ3n) is 3.81. The van der Waals surface area contributed by atoms with Crippen LogP contribution in [0.2, 0.25) is 0 Å². The van der Waals surface area contributed by atoms with Gasteiger partial charge in [-0.05, 0) is 25.7 Å². The zero-order valence-corrected chi connectivity index (χ0v) is 14.5. The predicted molar refractivity (Wildman–Crippen MR) is 85.3 cm³/mol. The molecular weight excluding hydrogens is 296 g/mol. The summed E-state index contributed by atoms with van der Waals surface area (Å²) in [5, 5.41) is 5.87. The average Bonchev–Trinajstić information content (AvgIpc) is 2.97. The van der Waals surface area contributed by atoms with E-state index in [9.17, 15) is 4.79 Å². The Balaban J connectivity index is 1.80. The van der Waals surface area contributed by atoms with Crippen LogP contribution in [0.1, 0.15) is 51.7 Å². The van der Waals surface area contributed by atoms with Crippen molar-refractivity contribution in [1.29, 1.82) is 0 Å². The maximum Gasteiger partial charge on any atom is 0.226 e. The van der Waals surface area contributed by atoms with E-state index in [1.807, 2.05) is 12.0 Å². The number of carbonyl (C=O) groups is 1. The van der Waals surface area contributed by atoms with Crippen LogP contribution in [0, 0.1) is 5.92 Å². The Bertz CT molecular complexity index is 483. The molecule has 0 radical (unpaired) electrons. The number of aromatic nitrogens is 2. The van der Waals surface area contributed by atoms with E-state index in [-0.39, 0.29) is 5.91 Å². The van der Waals surface area contributed by atoms with E-state index in [1.165, 1.54) is 0 Å². The minimum Gasteiger partial charge on any atom is -0.339 e. The first kappa shape index (κ1) is 17.9. The largest absolute Gasteiger partial charge is 0.339 e. The molecule has 1 aliphatic rings. The molecule has 1 aromatic rings. The summed E-state index contributed by atoms with van der Waals surface area (Å²) in [5.74, 6) is 1.78. The molecule has 0 spiro atoms. The van der Waals surface area contributed by atoms with Gasteiger partial charge in [0.1, 0.15) is 0 Å². The third kappa shape index (κ3) is 5.91. The van der Waals surface area contributed by atoms with Crippen LogP contribution in [0.3, 0.4) is 0 Å². The Morgan fingerprint density at radius 1 is 1.39 bits per heavy atom. The monoisotopic (exact) mass is 324 g/mol. The summed E-state index contributed by atoms with van der Waals surface area (Å²) in [6.45, 7) is 9.51. The van der Waals surface area contributed by atoms with Crippen molar-refractivity contribution in [2.24, 2.45) is 5.92 Å². The molecular formula is C16H28N4O3. The molecule has 0 unspecified atom stereocenters. The second-order valence-corrected chi connectivity index (χ2v) is 6.33. The molecule has 1 aromatic heterocycles. The first-order chi connectivity index (χ1) is 11.1. The van der Waals surface area contributed by atoms with Gasteiger partial charge in [-0.1, -0.05) is 19.0 Å². The summed E-state index contributed by atoms with van der Waals surface area (Å²) in [5.41, 5.74) is 0. The summed E-state index contributed by atoms with van der Waals surface area (Å²) in [6.07, 6.45) is 3.44. The molecule has 7 nitrogen and oxygen atoms in total. The molecule has 0 bridgehead atoms.